The predicted octanol–water partition coefficient (Wildman–Crippen LogP) is 2.41. The standard InChI is InChI=1S/C10H11NOS/c13-7-11-5-8-6-12-10-4-2-1-3-9(8)10/h1-4,6,11,13H,5,7H2. The van der Waals surface area contributed by atoms with Gasteiger partial charge in [-0.2, -0.15) is 12.6 Å². The van der Waals surface area contributed by atoms with Gasteiger partial charge in [-0.05, 0) is 6.07 Å². The zero-order valence-corrected chi connectivity index (χ0v) is 8.05. The van der Waals surface area contributed by atoms with Gasteiger partial charge in [-0.3, -0.25) is 0 Å². The first-order valence-corrected chi connectivity index (χ1v) is 4.82. The third-order valence-electron chi connectivity index (χ3n) is 1.99. The lowest BCUT2D eigenvalue weighted by molar-refractivity contribution is 0.607. The van der Waals surface area contributed by atoms with Crippen LogP contribution in [0.3, 0.4) is 0 Å². The van der Waals surface area contributed by atoms with Crippen LogP contribution in [-0.2, 0) is 6.54 Å². The molecule has 68 valence electrons. The van der Waals surface area contributed by atoms with Crippen molar-refractivity contribution in [2.24, 2.45) is 0 Å². The van der Waals surface area contributed by atoms with Gasteiger partial charge in [0.2, 0.25) is 0 Å². The van der Waals surface area contributed by atoms with E-state index in [1.54, 1.807) is 6.26 Å². The van der Waals surface area contributed by atoms with Gasteiger partial charge in [-0.15, -0.1) is 0 Å². The lowest BCUT2D eigenvalue weighted by Crippen LogP contribution is -2.09. The number of furan rings is 1. The molecule has 0 saturated carbocycles. The van der Waals surface area contributed by atoms with Crippen molar-refractivity contribution in [3.8, 4) is 0 Å². The molecule has 0 aliphatic carbocycles. The average Bonchev–Trinajstić information content (AvgIpc) is 2.58. The van der Waals surface area contributed by atoms with Gasteiger partial charge in [0, 0.05) is 23.4 Å². The van der Waals surface area contributed by atoms with Crippen molar-refractivity contribution in [2.75, 3.05) is 5.88 Å². The molecule has 1 N–H and O–H groups in total. The topological polar surface area (TPSA) is 25.2 Å². The first kappa shape index (κ1) is 8.66. The van der Waals surface area contributed by atoms with E-state index in [0.29, 0.717) is 5.88 Å². The zero-order chi connectivity index (χ0) is 9.10. The second kappa shape index (κ2) is 3.85. The van der Waals surface area contributed by atoms with E-state index in [2.05, 4.69) is 24.0 Å². The summed E-state index contributed by atoms with van der Waals surface area (Å²) in [7, 11) is 0. The molecule has 0 amide bonds. The van der Waals surface area contributed by atoms with Gasteiger partial charge in [0.15, 0.2) is 0 Å². The lowest BCUT2D eigenvalue weighted by atomic mass is 10.2. The van der Waals surface area contributed by atoms with Gasteiger partial charge in [0.05, 0.1) is 6.26 Å². The number of thiol groups is 1. The molecule has 0 fully saturated rings. The quantitative estimate of drug-likeness (QED) is 0.578. The summed E-state index contributed by atoms with van der Waals surface area (Å²) in [5.41, 5.74) is 2.13. The number of nitrogens with one attached hydrogen (secondary N) is 1. The maximum Gasteiger partial charge on any atom is 0.134 e. The molecule has 3 heteroatoms. The summed E-state index contributed by atoms with van der Waals surface area (Å²) in [5.74, 6) is 0.680. The van der Waals surface area contributed by atoms with E-state index in [1.165, 1.54) is 10.9 Å². The molecule has 1 heterocycles. The molecule has 0 aliphatic rings. The van der Waals surface area contributed by atoms with Gasteiger partial charge in [0.1, 0.15) is 5.58 Å². The third kappa shape index (κ3) is 1.71. The number of rotatable bonds is 3. The van der Waals surface area contributed by atoms with Crippen LogP contribution in [0.25, 0.3) is 11.0 Å². The molecule has 0 radical (unpaired) electrons. The molecule has 2 nitrogen and oxygen atoms in total. The Kier molecular flexibility index (Phi) is 2.57. The molecule has 2 rings (SSSR count). The van der Waals surface area contributed by atoms with Crippen LogP contribution in [0, 0.1) is 0 Å². The van der Waals surface area contributed by atoms with Crippen LogP contribution < -0.4 is 5.32 Å². The molecule has 1 aromatic carbocycles. The molecule has 2 aromatic rings. The molecular formula is C10H11NOS. The van der Waals surface area contributed by atoms with Crippen LogP contribution in [0.4, 0.5) is 0 Å². The number of hydrogen-bond acceptors (Lipinski definition) is 3. The van der Waals surface area contributed by atoms with E-state index in [4.69, 9.17) is 4.42 Å². The van der Waals surface area contributed by atoms with Crippen LogP contribution in [0.1, 0.15) is 5.56 Å². The fourth-order valence-electron chi connectivity index (χ4n) is 1.36. The zero-order valence-electron chi connectivity index (χ0n) is 7.16. The monoisotopic (exact) mass is 193 g/mol. The SMILES string of the molecule is SCNCc1coc2ccccc12. The summed E-state index contributed by atoms with van der Waals surface area (Å²) in [6, 6.07) is 8.03. The highest BCUT2D eigenvalue weighted by Crippen LogP contribution is 2.20. The van der Waals surface area contributed by atoms with Gasteiger partial charge in [-0.1, -0.05) is 18.2 Å². The average molecular weight is 193 g/mol. The van der Waals surface area contributed by atoms with Gasteiger partial charge in [0.25, 0.3) is 0 Å². The van der Waals surface area contributed by atoms with E-state index < -0.39 is 0 Å². The summed E-state index contributed by atoms with van der Waals surface area (Å²) >= 11 is 4.08. The van der Waals surface area contributed by atoms with Crippen molar-refractivity contribution in [2.45, 2.75) is 6.54 Å². The van der Waals surface area contributed by atoms with E-state index in [0.717, 1.165) is 12.1 Å². The van der Waals surface area contributed by atoms with E-state index >= 15 is 0 Å². The summed E-state index contributed by atoms with van der Waals surface area (Å²) in [5, 5.41) is 4.32. The van der Waals surface area contributed by atoms with Gasteiger partial charge in [-0.25, -0.2) is 0 Å². The molecule has 0 saturated heterocycles. The Morgan fingerprint density at radius 1 is 1.31 bits per heavy atom. The molecule has 0 unspecified atom stereocenters. The number of benzene rings is 1. The first-order chi connectivity index (χ1) is 6.42. The summed E-state index contributed by atoms with van der Waals surface area (Å²) < 4.78 is 5.38. The molecular weight excluding hydrogens is 182 g/mol. The second-order valence-electron chi connectivity index (χ2n) is 2.84. The van der Waals surface area contributed by atoms with E-state index in [-0.39, 0.29) is 0 Å². The fourth-order valence-corrected chi connectivity index (χ4v) is 1.47. The molecule has 13 heavy (non-hydrogen) atoms. The highest BCUT2D eigenvalue weighted by molar-refractivity contribution is 7.80. The Balaban J connectivity index is 2.35. The maximum absolute atomic E-state index is 5.38. The minimum atomic E-state index is 0.680. The summed E-state index contributed by atoms with van der Waals surface area (Å²) in [6.45, 7) is 0.806. The van der Waals surface area contributed by atoms with Gasteiger partial charge >= 0.3 is 0 Å². The van der Waals surface area contributed by atoms with Crippen LogP contribution >= 0.6 is 12.6 Å². The number of para-hydroxylation sites is 1. The Morgan fingerprint density at radius 2 is 2.15 bits per heavy atom. The molecule has 0 atom stereocenters. The number of fused-ring (bicyclic) bond motifs is 1. The highest BCUT2D eigenvalue weighted by Gasteiger charge is 2.02. The third-order valence-corrected chi connectivity index (χ3v) is 2.21. The normalized spacial score (nSPS) is 10.8. The maximum atomic E-state index is 5.38. The molecule has 1 aromatic heterocycles. The minimum absolute atomic E-state index is 0.680. The predicted molar refractivity (Wildman–Crippen MR) is 56.9 cm³/mol. The number of hydrogen-bond donors (Lipinski definition) is 2. The smallest absolute Gasteiger partial charge is 0.134 e. The fraction of sp³-hybridized carbons (Fsp3) is 0.200. The van der Waals surface area contributed by atoms with Crippen LogP contribution in [-0.4, -0.2) is 5.88 Å². The molecule has 0 spiro atoms. The molecule has 0 bridgehead atoms. The molecule has 0 aliphatic heterocycles. The lowest BCUT2D eigenvalue weighted by Gasteiger charge is -1.97. The minimum Gasteiger partial charge on any atom is -0.464 e. The van der Waals surface area contributed by atoms with Crippen molar-refractivity contribution in [3.05, 3.63) is 36.1 Å². The van der Waals surface area contributed by atoms with Gasteiger partial charge < -0.3 is 9.73 Å². The largest absolute Gasteiger partial charge is 0.464 e. The second-order valence-corrected chi connectivity index (χ2v) is 3.16. The summed E-state index contributed by atoms with van der Waals surface area (Å²) in [4.78, 5) is 0. The van der Waals surface area contributed by atoms with Crippen LogP contribution in [0.15, 0.2) is 34.9 Å². The van der Waals surface area contributed by atoms with Crippen molar-refractivity contribution in [3.63, 3.8) is 0 Å². The van der Waals surface area contributed by atoms with E-state index in [1.807, 2.05) is 18.2 Å². The van der Waals surface area contributed by atoms with Crippen molar-refractivity contribution in [1.82, 2.24) is 5.32 Å². The van der Waals surface area contributed by atoms with Crippen LogP contribution in [0.5, 0.6) is 0 Å². The Morgan fingerprint density at radius 3 is 3.00 bits per heavy atom. The Hall–Kier alpha value is -0.930. The first-order valence-electron chi connectivity index (χ1n) is 4.18. The van der Waals surface area contributed by atoms with E-state index in [9.17, 15) is 0 Å². The Labute approximate surface area is 82.3 Å². The highest BCUT2D eigenvalue weighted by atomic mass is 32.1. The van der Waals surface area contributed by atoms with Crippen molar-refractivity contribution in [1.29, 1.82) is 0 Å². The summed E-state index contributed by atoms with van der Waals surface area (Å²) in [6.07, 6.45) is 1.79. The van der Waals surface area contributed by atoms with Crippen molar-refractivity contribution < 1.29 is 4.42 Å². The van der Waals surface area contributed by atoms with Crippen molar-refractivity contribution >= 4 is 23.6 Å². The van der Waals surface area contributed by atoms with Crippen LogP contribution in [0.2, 0.25) is 0 Å². The Bertz CT molecular complexity index is 396.